The van der Waals surface area contributed by atoms with Crippen LogP contribution in [0.3, 0.4) is 0 Å². The van der Waals surface area contributed by atoms with E-state index in [0.29, 0.717) is 0 Å². The Morgan fingerprint density at radius 1 is 1.21 bits per heavy atom. The average Bonchev–Trinajstić information content (AvgIpc) is 2.22. The molecule has 0 bridgehead atoms. The number of methoxy groups -OCH3 is 1. The lowest BCUT2D eigenvalue weighted by atomic mass is 9.83. The molecule has 0 aromatic carbocycles. The zero-order chi connectivity index (χ0) is 10.4. The predicted molar refractivity (Wildman–Crippen MR) is 58.2 cm³/mol. The molecule has 0 aromatic rings. The molecule has 2 nitrogen and oxygen atoms in total. The van der Waals surface area contributed by atoms with Crippen LogP contribution in [0, 0.1) is 11.8 Å². The van der Waals surface area contributed by atoms with Gasteiger partial charge in [0.25, 0.3) is 0 Å². The van der Waals surface area contributed by atoms with Gasteiger partial charge in [-0.05, 0) is 31.1 Å². The van der Waals surface area contributed by atoms with Gasteiger partial charge in [0.15, 0.2) is 6.29 Å². The number of hydrogen-bond donors (Lipinski definition) is 0. The molecule has 1 saturated carbocycles. The van der Waals surface area contributed by atoms with Crippen LogP contribution in [0.15, 0.2) is 0 Å². The largest absolute Gasteiger partial charge is 0.356 e. The molecule has 2 heteroatoms. The molecule has 0 saturated heterocycles. The molecule has 0 spiro atoms. The third-order valence-corrected chi connectivity index (χ3v) is 3.25. The van der Waals surface area contributed by atoms with E-state index in [1.54, 1.807) is 7.11 Å². The van der Waals surface area contributed by atoms with Crippen LogP contribution < -0.4 is 0 Å². The van der Waals surface area contributed by atoms with E-state index in [-0.39, 0.29) is 6.29 Å². The molecule has 0 N–H and O–H groups in total. The molecule has 84 valence electrons. The fourth-order valence-corrected chi connectivity index (χ4v) is 2.09. The lowest BCUT2D eigenvalue weighted by Crippen LogP contribution is -2.22. The molecule has 1 unspecified atom stereocenters. The molecule has 14 heavy (non-hydrogen) atoms. The first kappa shape index (κ1) is 12.0. The van der Waals surface area contributed by atoms with E-state index >= 15 is 0 Å². The van der Waals surface area contributed by atoms with Gasteiger partial charge in [0.2, 0.25) is 0 Å². The van der Waals surface area contributed by atoms with Crippen molar-refractivity contribution < 1.29 is 9.47 Å². The smallest absolute Gasteiger partial charge is 0.156 e. The Balaban J connectivity index is 2.12. The van der Waals surface area contributed by atoms with Gasteiger partial charge in [0.05, 0.1) is 6.61 Å². The van der Waals surface area contributed by atoms with E-state index in [0.717, 1.165) is 24.9 Å². The first-order chi connectivity index (χ1) is 6.76. The van der Waals surface area contributed by atoms with E-state index < -0.39 is 0 Å². The summed E-state index contributed by atoms with van der Waals surface area (Å²) in [5.41, 5.74) is 0. The molecular formula is C12H24O2. The zero-order valence-corrected chi connectivity index (χ0v) is 9.79. The van der Waals surface area contributed by atoms with Gasteiger partial charge >= 0.3 is 0 Å². The van der Waals surface area contributed by atoms with Crippen molar-refractivity contribution >= 4 is 0 Å². The molecule has 1 fully saturated rings. The highest BCUT2D eigenvalue weighted by Gasteiger charge is 2.19. The highest BCUT2D eigenvalue weighted by atomic mass is 16.7. The first-order valence-electron chi connectivity index (χ1n) is 5.90. The standard InChI is InChI=1S/C12H24O2/c1-4-12(13-3)14-9-11-7-5-10(2)6-8-11/h10-12H,4-9H2,1-3H3. The Labute approximate surface area is 88.0 Å². The molecule has 0 aromatic heterocycles. The van der Waals surface area contributed by atoms with Crippen molar-refractivity contribution in [2.45, 2.75) is 52.2 Å². The third kappa shape index (κ3) is 3.97. The Morgan fingerprint density at radius 3 is 2.36 bits per heavy atom. The van der Waals surface area contributed by atoms with Crippen molar-refractivity contribution in [2.24, 2.45) is 11.8 Å². The second-order valence-electron chi connectivity index (χ2n) is 4.53. The summed E-state index contributed by atoms with van der Waals surface area (Å²) < 4.78 is 10.9. The van der Waals surface area contributed by atoms with Crippen molar-refractivity contribution in [3.05, 3.63) is 0 Å². The van der Waals surface area contributed by atoms with Crippen LogP contribution in [0.4, 0.5) is 0 Å². The van der Waals surface area contributed by atoms with Gasteiger partial charge in [-0.25, -0.2) is 0 Å². The van der Waals surface area contributed by atoms with Crippen molar-refractivity contribution in [1.29, 1.82) is 0 Å². The van der Waals surface area contributed by atoms with Gasteiger partial charge in [-0.2, -0.15) is 0 Å². The van der Waals surface area contributed by atoms with Crippen LogP contribution in [-0.2, 0) is 9.47 Å². The van der Waals surface area contributed by atoms with Crippen LogP contribution >= 0.6 is 0 Å². The molecule has 1 rings (SSSR count). The van der Waals surface area contributed by atoms with Gasteiger partial charge in [-0.1, -0.05) is 26.7 Å². The fourth-order valence-electron chi connectivity index (χ4n) is 2.09. The summed E-state index contributed by atoms with van der Waals surface area (Å²) >= 11 is 0. The number of ether oxygens (including phenoxy) is 2. The number of rotatable bonds is 5. The Bertz CT molecular complexity index is 135. The lowest BCUT2D eigenvalue weighted by Gasteiger charge is -2.27. The third-order valence-electron chi connectivity index (χ3n) is 3.25. The Hall–Kier alpha value is -0.0800. The quantitative estimate of drug-likeness (QED) is 0.634. The maximum atomic E-state index is 5.69. The second-order valence-corrected chi connectivity index (χ2v) is 4.53. The number of hydrogen-bond acceptors (Lipinski definition) is 2. The van der Waals surface area contributed by atoms with Crippen molar-refractivity contribution in [3.63, 3.8) is 0 Å². The highest BCUT2D eigenvalue weighted by molar-refractivity contribution is 4.69. The molecule has 0 aliphatic heterocycles. The van der Waals surface area contributed by atoms with Crippen LogP contribution in [0.5, 0.6) is 0 Å². The van der Waals surface area contributed by atoms with E-state index in [9.17, 15) is 0 Å². The molecule has 1 aliphatic carbocycles. The van der Waals surface area contributed by atoms with Crippen LogP contribution in [-0.4, -0.2) is 20.0 Å². The summed E-state index contributed by atoms with van der Waals surface area (Å²) in [6, 6.07) is 0. The lowest BCUT2D eigenvalue weighted by molar-refractivity contribution is -0.135. The molecule has 0 heterocycles. The summed E-state index contributed by atoms with van der Waals surface area (Å²) in [7, 11) is 1.72. The van der Waals surface area contributed by atoms with Crippen molar-refractivity contribution in [2.75, 3.05) is 13.7 Å². The summed E-state index contributed by atoms with van der Waals surface area (Å²) in [5.74, 6) is 1.70. The Kier molecular flexibility index (Phi) is 5.49. The van der Waals surface area contributed by atoms with Crippen LogP contribution in [0.2, 0.25) is 0 Å². The Morgan fingerprint density at radius 2 is 1.86 bits per heavy atom. The SMILES string of the molecule is CCC(OC)OCC1CCC(C)CC1. The van der Waals surface area contributed by atoms with Gasteiger partial charge in [-0.15, -0.1) is 0 Å². The average molecular weight is 200 g/mol. The van der Waals surface area contributed by atoms with Crippen molar-refractivity contribution in [1.82, 2.24) is 0 Å². The highest BCUT2D eigenvalue weighted by Crippen LogP contribution is 2.28. The second kappa shape index (κ2) is 6.41. The first-order valence-corrected chi connectivity index (χ1v) is 5.90. The van der Waals surface area contributed by atoms with Gasteiger partial charge in [-0.3, -0.25) is 0 Å². The summed E-state index contributed by atoms with van der Waals surface area (Å²) in [4.78, 5) is 0. The summed E-state index contributed by atoms with van der Waals surface area (Å²) in [6.07, 6.45) is 6.37. The predicted octanol–water partition coefficient (Wildman–Crippen LogP) is 3.21. The maximum Gasteiger partial charge on any atom is 0.156 e. The van der Waals surface area contributed by atoms with E-state index in [1.165, 1.54) is 25.7 Å². The van der Waals surface area contributed by atoms with Gasteiger partial charge in [0, 0.05) is 7.11 Å². The van der Waals surface area contributed by atoms with Crippen molar-refractivity contribution in [3.8, 4) is 0 Å². The molecular weight excluding hydrogens is 176 g/mol. The minimum Gasteiger partial charge on any atom is -0.356 e. The minimum absolute atomic E-state index is 0.00866. The molecule has 0 radical (unpaired) electrons. The fraction of sp³-hybridized carbons (Fsp3) is 1.00. The van der Waals surface area contributed by atoms with Gasteiger partial charge in [0.1, 0.15) is 0 Å². The van der Waals surface area contributed by atoms with Gasteiger partial charge < -0.3 is 9.47 Å². The topological polar surface area (TPSA) is 18.5 Å². The summed E-state index contributed by atoms with van der Waals surface area (Å²) in [6.45, 7) is 5.33. The minimum atomic E-state index is 0.00866. The zero-order valence-electron chi connectivity index (χ0n) is 9.79. The molecule has 1 atom stereocenters. The van der Waals surface area contributed by atoms with E-state index in [4.69, 9.17) is 9.47 Å². The monoisotopic (exact) mass is 200 g/mol. The van der Waals surface area contributed by atoms with E-state index in [2.05, 4.69) is 13.8 Å². The molecule has 1 aliphatic rings. The maximum absolute atomic E-state index is 5.69. The normalized spacial score (nSPS) is 30.2. The molecule has 0 amide bonds. The summed E-state index contributed by atoms with van der Waals surface area (Å²) in [5, 5.41) is 0. The van der Waals surface area contributed by atoms with E-state index in [1.807, 2.05) is 0 Å². The van der Waals surface area contributed by atoms with Crippen LogP contribution in [0.25, 0.3) is 0 Å². The van der Waals surface area contributed by atoms with Crippen LogP contribution in [0.1, 0.15) is 46.0 Å².